The Morgan fingerprint density at radius 2 is 2.14 bits per heavy atom. The lowest BCUT2D eigenvalue weighted by Crippen LogP contribution is -2.03. The highest BCUT2D eigenvalue weighted by molar-refractivity contribution is 7.71. The number of aromatic nitrogens is 3. The number of halogens is 3. The van der Waals surface area contributed by atoms with Gasteiger partial charge in [-0.25, -0.2) is 9.97 Å². The van der Waals surface area contributed by atoms with Crippen LogP contribution in [0.2, 0.25) is 0 Å². The van der Waals surface area contributed by atoms with E-state index >= 15 is 0 Å². The fourth-order valence-electron chi connectivity index (χ4n) is 0.887. The van der Waals surface area contributed by atoms with E-state index < -0.39 is 11.2 Å². The number of aromatic amines is 1. The van der Waals surface area contributed by atoms with E-state index in [2.05, 4.69) is 15.0 Å². The van der Waals surface area contributed by atoms with Gasteiger partial charge in [-0.3, -0.25) is 0 Å². The second kappa shape index (κ2) is 2.99. The molecule has 0 aliphatic rings. The molecule has 1 N–H and O–H groups in total. The SMILES string of the molecule is FC(F)(F)c1nc2c(=S)[nH]cnc2s1. The van der Waals surface area contributed by atoms with E-state index in [1.165, 1.54) is 6.33 Å². The predicted octanol–water partition coefficient (Wildman–Crippen LogP) is 2.77. The molecule has 74 valence electrons. The van der Waals surface area contributed by atoms with E-state index in [-0.39, 0.29) is 15.0 Å². The third kappa shape index (κ3) is 1.50. The van der Waals surface area contributed by atoms with Gasteiger partial charge in [0.15, 0.2) is 0 Å². The number of fused-ring (bicyclic) bond motifs is 1. The average molecular weight is 237 g/mol. The maximum absolute atomic E-state index is 12.2. The minimum atomic E-state index is -4.44. The molecule has 2 heterocycles. The van der Waals surface area contributed by atoms with Crippen LogP contribution in [0.15, 0.2) is 6.33 Å². The Hall–Kier alpha value is -1.02. The molecule has 3 nitrogen and oxygen atoms in total. The zero-order valence-corrected chi connectivity index (χ0v) is 8.06. The van der Waals surface area contributed by atoms with Crippen molar-refractivity contribution in [1.82, 2.24) is 15.0 Å². The molecule has 0 amide bonds. The molecule has 0 saturated heterocycles. The fraction of sp³-hybridized carbons (Fsp3) is 0.167. The summed E-state index contributed by atoms with van der Waals surface area (Å²) in [7, 11) is 0. The molecular formula is C6H2F3N3S2. The first-order chi connectivity index (χ1) is 6.48. The smallest absolute Gasteiger partial charge is 0.336 e. The molecule has 0 radical (unpaired) electrons. The standard InChI is InChI=1S/C6H2F3N3S2/c7-6(8,9)5-12-2-3(13)10-1-11-4(2)14-5/h1H,(H,10,11,13). The Morgan fingerprint density at radius 3 is 2.71 bits per heavy atom. The highest BCUT2D eigenvalue weighted by atomic mass is 32.1. The summed E-state index contributed by atoms with van der Waals surface area (Å²) in [6, 6.07) is 0. The molecule has 2 aromatic heterocycles. The van der Waals surface area contributed by atoms with Crippen molar-refractivity contribution < 1.29 is 13.2 Å². The monoisotopic (exact) mass is 237 g/mol. The largest absolute Gasteiger partial charge is 0.443 e. The van der Waals surface area contributed by atoms with Crippen LogP contribution in [0.5, 0.6) is 0 Å². The van der Waals surface area contributed by atoms with E-state index in [1.54, 1.807) is 0 Å². The number of thiazole rings is 1. The minimum absolute atomic E-state index is 0.0971. The van der Waals surface area contributed by atoms with Gasteiger partial charge in [-0.1, -0.05) is 23.6 Å². The Labute approximate surface area is 84.6 Å². The number of rotatable bonds is 0. The van der Waals surface area contributed by atoms with Crippen molar-refractivity contribution in [1.29, 1.82) is 0 Å². The molecule has 0 spiro atoms. The van der Waals surface area contributed by atoms with E-state index in [9.17, 15) is 13.2 Å². The third-order valence-corrected chi connectivity index (χ3v) is 2.76. The van der Waals surface area contributed by atoms with Crippen LogP contribution in [-0.4, -0.2) is 15.0 Å². The van der Waals surface area contributed by atoms with Crippen molar-refractivity contribution >= 4 is 33.9 Å². The highest BCUT2D eigenvalue weighted by Crippen LogP contribution is 2.34. The summed E-state index contributed by atoms with van der Waals surface area (Å²) in [5.74, 6) is 0. The normalized spacial score (nSPS) is 12.2. The third-order valence-electron chi connectivity index (χ3n) is 1.44. The van der Waals surface area contributed by atoms with Gasteiger partial charge in [-0.05, 0) is 0 Å². The van der Waals surface area contributed by atoms with Crippen LogP contribution in [0.25, 0.3) is 10.3 Å². The van der Waals surface area contributed by atoms with Gasteiger partial charge in [-0.2, -0.15) is 13.2 Å². The topological polar surface area (TPSA) is 41.6 Å². The lowest BCUT2D eigenvalue weighted by Gasteiger charge is -1.97. The maximum Gasteiger partial charge on any atom is 0.443 e. The molecule has 0 atom stereocenters. The van der Waals surface area contributed by atoms with Crippen molar-refractivity contribution in [2.45, 2.75) is 6.18 Å². The molecule has 14 heavy (non-hydrogen) atoms. The lowest BCUT2D eigenvalue weighted by molar-refractivity contribution is -0.137. The summed E-state index contributed by atoms with van der Waals surface area (Å²) >= 11 is 5.26. The first kappa shape index (κ1) is 9.53. The number of alkyl halides is 3. The van der Waals surface area contributed by atoms with E-state index in [4.69, 9.17) is 12.2 Å². The molecule has 0 unspecified atom stereocenters. The first-order valence-electron chi connectivity index (χ1n) is 3.40. The van der Waals surface area contributed by atoms with E-state index in [1.807, 2.05) is 0 Å². The second-order valence-corrected chi connectivity index (χ2v) is 3.79. The number of hydrogen-bond donors (Lipinski definition) is 1. The molecule has 0 fully saturated rings. The minimum Gasteiger partial charge on any atom is -0.336 e. The van der Waals surface area contributed by atoms with Crippen molar-refractivity contribution in [3.05, 3.63) is 16.0 Å². The molecular weight excluding hydrogens is 235 g/mol. The van der Waals surface area contributed by atoms with Crippen LogP contribution in [-0.2, 0) is 6.18 Å². The van der Waals surface area contributed by atoms with Crippen molar-refractivity contribution in [3.8, 4) is 0 Å². The summed E-state index contributed by atoms with van der Waals surface area (Å²) in [6.07, 6.45) is -3.18. The van der Waals surface area contributed by atoms with Crippen molar-refractivity contribution in [2.75, 3.05) is 0 Å². The molecule has 0 aliphatic carbocycles. The van der Waals surface area contributed by atoms with Gasteiger partial charge in [0, 0.05) is 0 Å². The number of nitrogens with one attached hydrogen (secondary N) is 1. The lowest BCUT2D eigenvalue weighted by atomic mass is 10.6. The molecule has 0 aliphatic heterocycles. The summed E-state index contributed by atoms with van der Waals surface area (Å²) < 4.78 is 36.9. The van der Waals surface area contributed by atoms with Crippen LogP contribution >= 0.6 is 23.6 Å². The molecule has 2 aromatic rings. The number of nitrogens with zero attached hydrogens (tertiary/aromatic N) is 2. The maximum atomic E-state index is 12.2. The quantitative estimate of drug-likeness (QED) is 0.716. The molecule has 0 aromatic carbocycles. The van der Waals surface area contributed by atoms with Gasteiger partial charge in [0.1, 0.15) is 15.0 Å². The predicted molar refractivity (Wildman–Crippen MR) is 47.6 cm³/mol. The van der Waals surface area contributed by atoms with Crippen molar-refractivity contribution in [3.63, 3.8) is 0 Å². The fourth-order valence-corrected chi connectivity index (χ4v) is 1.93. The van der Waals surface area contributed by atoms with E-state index in [0.717, 1.165) is 0 Å². The summed E-state index contributed by atoms with van der Waals surface area (Å²) in [5.41, 5.74) is 0.0971. The zero-order chi connectivity index (χ0) is 10.3. The van der Waals surface area contributed by atoms with Crippen LogP contribution in [0.4, 0.5) is 13.2 Å². The van der Waals surface area contributed by atoms with Crippen molar-refractivity contribution in [2.24, 2.45) is 0 Å². The number of H-pyrrole nitrogens is 1. The Balaban J connectivity index is 2.75. The zero-order valence-electron chi connectivity index (χ0n) is 6.42. The molecule has 2 rings (SSSR count). The van der Waals surface area contributed by atoms with Gasteiger partial charge in [0.05, 0.1) is 6.33 Å². The molecule has 0 saturated carbocycles. The summed E-state index contributed by atoms with van der Waals surface area (Å²) in [4.78, 5) is 9.80. The van der Waals surface area contributed by atoms with Gasteiger partial charge in [0.2, 0.25) is 5.01 Å². The highest BCUT2D eigenvalue weighted by Gasteiger charge is 2.35. The van der Waals surface area contributed by atoms with Gasteiger partial charge >= 0.3 is 6.18 Å². The molecule has 8 heteroatoms. The second-order valence-electron chi connectivity index (χ2n) is 2.40. The average Bonchev–Trinajstić information content (AvgIpc) is 2.48. The Morgan fingerprint density at radius 1 is 1.43 bits per heavy atom. The summed E-state index contributed by atoms with van der Waals surface area (Å²) in [6.45, 7) is 0. The van der Waals surface area contributed by atoms with Gasteiger partial charge in [0.25, 0.3) is 0 Å². The summed E-state index contributed by atoms with van der Waals surface area (Å²) in [5, 5.41) is -0.925. The number of hydrogen-bond acceptors (Lipinski definition) is 4. The van der Waals surface area contributed by atoms with Gasteiger partial charge in [-0.15, -0.1) is 0 Å². The van der Waals surface area contributed by atoms with Crippen LogP contribution in [0.1, 0.15) is 5.01 Å². The van der Waals surface area contributed by atoms with Crippen LogP contribution < -0.4 is 0 Å². The van der Waals surface area contributed by atoms with Gasteiger partial charge < -0.3 is 4.98 Å². The van der Waals surface area contributed by atoms with Crippen LogP contribution in [0, 0.1) is 4.64 Å². The Bertz CT molecular complexity index is 527. The Kier molecular flexibility index (Phi) is 2.04. The van der Waals surface area contributed by atoms with E-state index in [0.29, 0.717) is 11.3 Å². The van der Waals surface area contributed by atoms with Crippen LogP contribution in [0.3, 0.4) is 0 Å². The first-order valence-corrected chi connectivity index (χ1v) is 4.62. The molecule has 0 bridgehead atoms.